The molecule has 1 amide bonds. The van der Waals surface area contributed by atoms with Gasteiger partial charge in [0.05, 0.1) is 11.7 Å². The molecule has 6 rings (SSSR count). The van der Waals surface area contributed by atoms with Gasteiger partial charge < -0.3 is 4.90 Å². The molecule has 3 heteroatoms. The van der Waals surface area contributed by atoms with E-state index >= 15 is 0 Å². The zero-order chi connectivity index (χ0) is 26.1. The van der Waals surface area contributed by atoms with Crippen molar-refractivity contribution in [1.29, 1.82) is 0 Å². The third-order valence-electron chi connectivity index (χ3n) is 7.50. The average Bonchev–Trinajstić information content (AvgIpc) is 3.75. The van der Waals surface area contributed by atoms with Crippen LogP contribution in [0.15, 0.2) is 65.7 Å². The molecule has 3 aliphatic rings. The number of aliphatic imine (C=N–C) groups is 1. The monoisotopic (exact) mass is 488 g/mol. The van der Waals surface area contributed by atoms with E-state index in [0.29, 0.717) is 5.92 Å². The fourth-order valence-electron chi connectivity index (χ4n) is 5.35. The van der Waals surface area contributed by atoms with Crippen molar-refractivity contribution in [2.75, 3.05) is 7.05 Å². The molecule has 2 unspecified atom stereocenters. The maximum absolute atomic E-state index is 13.5. The van der Waals surface area contributed by atoms with Crippen molar-refractivity contribution < 1.29 is 4.79 Å². The number of carbonyl (C=O) groups excluding carboxylic acids is 1. The molecule has 188 valence electrons. The lowest BCUT2D eigenvalue weighted by molar-refractivity contribution is 0.0773. The van der Waals surface area contributed by atoms with Crippen LogP contribution in [0.1, 0.15) is 84.0 Å². The van der Waals surface area contributed by atoms with Gasteiger partial charge in [0, 0.05) is 18.5 Å². The van der Waals surface area contributed by atoms with Crippen molar-refractivity contribution >= 4 is 17.3 Å². The number of benzene rings is 3. The molecule has 0 aromatic heterocycles. The Hall–Kier alpha value is -3.64. The highest BCUT2D eigenvalue weighted by Crippen LogP contribution is 2.46. The fourth-order valence-corrected chi connectivity index (χ4v) is 5.35. The first-order valence-electron chi connectivity index (χ1n) is 13.6. The summed E-state index contributed by atoms with van der Waals surface area (Å²) in [7, 11) is 1.90. The Labute approximate surface area is 221 Å². The van der Waals surface area contributed by atoms with E-state index in [1.807, 2.05) is 24.1 Å². The van der Waals surface area contributed by atoms with Crippen LogP contribution in [0.5, 0.6) is 0 Å². The summed E-state index contributed by atoms with van der Waals surface area (Å²) in [6.07, 6.45) is 4.49. The highest BCUT2D eigenvalue weighted by molar-refractivity contribution is 6.10. The summed E-state index contributed by atoms with van der Waals surface area (Å²) in [5.74, 6) is 7.62. The van der Waals surface area contributed by atoms with Crippen LogP contribution in [0.4, 0.5) is 5.69 Å². The largest absolute Gasteiger partial charge is 0.332 e. The summed E-state index contributed by atoms with van der Waals surface area (Å²) >= 11 is 0. The predicted molar refractivity (Wildman–Crippen MR) is 154 cm³/mol. The van der Waals surface area contributed by atoms with Gasteiger partial charge in [0.15, 0.2) is 0 Å². The molecule has 1 saturated carbocycles. The van der Waals surface area contributed by atoms with Crippen LogP contribution in [-0.2, 0) is 0 Å². The van der Waals surface area contributed by atoms with Crippen LogP contribution in [0.2, 0.25) is 0 Å². The smallest absolute Gasteiger partial charge is 0.254 e. The van der Waals surface area contributed by atoms with Crippen LogP contribution in [0.25, 0.3) is 11.1 Å². The summed E-state index contributed by atoms with van der Waals surface area (Å²) < 4.78 is 0. The van der Waals surface area contributed by atoms with Gasteiger partial charge in [-0.15, -0.1) is 0 Å². The fraction of sp³-hybridized carbons (Fsp3) is 0.353. The standard InChI is InChI=1S/C31H28N2O.C3H8/c1-19-7-9-21(10-8-19)23-13-15-27(20(2)17-23)32-28-16-14-24-18-29(28)33(3)31(34)26-6-4-5-25(30(24)26)22-11-12-22;1-3-2/h4-10,13,15,17,22,24,29H,11-12,18H2,1-3H3;3H2,1-2H3. The minimum Gasteiger partial charge on any atom is -0.332 e. The molecule has 37 heavy (non-hydrogen) atoms. The quantitative estimate of drug-likeness (QED) is 0.344. The maximum Gasteiger partial charge on any atom is 0.254 e. The van der Waals surface area contributed by atoms with Crippen molar-refractivity contribution in [1.82, 2.24) is 4.90 Å². The molecule has 0 N–H and O–H groups in total. The van der Waals surface area contributed by atoms with Crippen molar-refractivity contribution in [2.45, 2.75) is 71.3 Å². The molecule has 3 nitrogen and oxygen atoms in total. The van der Waals surface area contributed by atoms with Gasteiger partial charge in [0.2, 0.25) is 0 Å². The molecular formula is C34H36N2O. The molecule has 0 saturated heterocycles. The third kappa shape index (κ3) is 4.98. The number of hydrogen-bond acceptors (Lipinski definition) is 2. The number of aryl methyl sites for hydroxylation is 2. The molecule has 2 bridgehead atoms. The Bertz CT molecular complexity index is 1420. The third-order valence-corrected chi connectivity index (χ3v) is 7.50. The molecule has 3 aromatic rings. The highest BCUT2D eigenvalue weighted by atomic mass is 16.2. The number of carbonyl (C=O) groups is 1. The number of amides is 1. The molecule has 1 heterocycles. The van der Waals surface area contributed by atoms with Gasteiger partial charge in [0.1, 0.15) is 5.71 Å². The average molecular weight is 489 g/mol. The first kappa shape index (κ1) is 25.0. The predicted octanol–water partition coefficient (Wildman–Crippen LogP) is 7.98. The summed E-state index contributed by atoms with van der Waals surface area (Å²) in [5, 5.41) is 0. The zero-order valence-corrected chi connectivity index (χ0v) is 22.6. The lowest BCUT2D eigenvalue weighted by Gasteiger charge is -2.28. The minimum absolute atomic E-state index is 0.0784. The van der Waals surface area contributed by atoms with E-state index in [9.17, 15) is 4.79 Å². The lowest BCUT2D eigenvalue weighted by atomic mass is 9.83. The second-order valence-electron chi connectivity index (χ2n) is 10.6. The second-order valence-corrected chi connectivity index (χ2v) is 10.6. The van der Waals surface area contributed by atoms with Crippen molar-refractivity contribution in [3.8, 4) is 23.0 Å². The first-order chi connectivity index (χ1) is 17.9. The summed E-state index contributed by atoms with van der Waals surface area (Å²) in [5.41, 5.74) is 9.79. The summed E-state index contributed by atoms with van der Waals surface area (Å²) in [4.78, 5) is 20.3. The van der Waals surface area contributed by atoms with E-state index < -0.39 is 0 Å². The van der Waals surface area contributed by atoms with Crippen molar-refractivity contribution in [2.24, 2.45) is 4.99 Å². The van der Waals surface area contributed by atoms with E-state index in [1.54, 1.807) is 0 Å². The number of fused-ring (bicyclic) bond motifs is 4. The Morgan fingerprint density at radius 1 is 0.973 bits per heavy atom. The highest BCUT2D eigenvalue weighted by Gasteiger charge is 2.39. The first-order valence-corrected chi connectivity index (χ1v) is 13.6. The molecule has 1 aliphatic heterocycles. The lowest BCUT2D eigenvalue weighted by Crippen LogP contribution is -2.42. The van der Waals surface area contributed by atoms with Crippen molar-refractivity contribution in [3.05, 3.63) is 88.5 Å². The van der Waals surface area contributed by atoms with Crippen LogP contribution in [0, 0.1) is 25.7 Å². The second kappa shape index (κ2) is 10.4. The maximum atomic E-state index is 13.5. The van der Waals surface area contributed by atoms with E-state index in [0.717, 1.165) is 28.9 Å². The van der Waals surface area contributed by atoms with Crippen LogP contribution in [0.3, 0.4) is 0 Å². The molecule has 0 radical (unpaired) electrons. The van der Waals surface area contributed by atoms with Crippen LogP contribution >= 0.6 is 0 Å². The van der Waals surface area contributed by atoms with Gasteiger partial charge in [-0.2, -0.15) is 0 Å². The van der Waals surface area contributed by atoms with Gasteiger partial charge >= 0.3 is 0 Å². The van der Waals surface area contributed by atoms with Gasteiger partial charge in [0.25, 0.3) is 5.91 Å². The normalized spacial score (nSPS) is 20.8. The molecule has 0 spiro atoms. The Morgan fingerprint density at radius 3 is 2.35 bits per heavy atom. The van der Waals surface area contributed by atoms with Crippen LogP contribution in [-0.4, -0.2) is 29.6 Å². The Kier molecular flexibility index (Phi) is 7.02. The topological polar surface area (TPSA) is 32.7 Å². The van der Waals surface area contributed by atoms with E-state index in [2.05, 4.69) is 88.1 Å². The number of hydrogen-bond donors (Lipinski definition) is 0. The van der Waals surface area contributed by atoms with Gasteiger partial charge in [-0.3, -0.25) is 4.79 Å². The molecular weight excluding hydrogens is 452 g/mol. The van der Waals surface area contributed by atoms with Gasteiger partial charge in [-0.25, -0.2) is 4.99 Å². The molecule has 2 aliphatic carbocycles. The zero-order valence-electron chi connectivity index (χ0n) is 22.6. The molecule has 2 atom stereocenters. The van der Waals surface area contributed by atoms with E-state index in [-0.39, 0.29) is 17.9 Å². The SMILES string of the molecule is CCC.Cc1ccc(-c2ccc(N=C3C#CC4CC3N(C)C(=O)c3cccc(C5CC5)c34)c(C)c2)cc1. The Morgan fingerprint density at radius 2 is 1.68 bits per heavy atom. The molecule has 3 aromatic carbocycles. The van der Waals surface area contributed by atoms with E-state index in [4.69, 9.17) is 4.99 Å². The van der Waals surface area contributed by atoms with Gasteiger partial charge in [-0.05, 0) is 91.0 Å². The Balaban J connectivity index is 0.000000892. The number of rotatable bonds is 3. The number of nitrogens with zero attached hydrogens (tertiary/aromatic N) is 2. The summed E-state index contributed by atoms with van der Waals surface area (Å²) in [6, 6.07) is 21.1. The molecule has 1 fully saturated rings. The van der Waals surface area contributed by atoms with E-state index in [1.165, 1.54) is 47.1 Å². The van der Waals surface area contributed by atoms with Crippen molar-refractivity contribution in [3.63, 3.8) is 0 Å². The van der Waals surface area contributed by atoms with Crippen LogP contribution < -0.4 is 0 Å². The summed E-state index contributed by atoms with van der Waals surface area (Å²) in [6.45, 7) is 8.44. The minimum atomic E-state index is -0.102. The van der Waals surface area contributed by atoms with Gasteiger partial charge in [-0.1, -0.05) is 74.2 Å².